The van der Waals surface area contributed by atoms with Gasteiger partial charge >= 0.3 is 6.18 Å². The highest BCUT2D eigenvalue weighted by Gasteiger charge is 2.42. The van der Waals surface area contributed by atoms with Gasteiger partial charge in [-0.05, 0) is 48.7 Å². The molecule has 2 aromatic carbocycles. The van der Waals surface area contributed by atoms with E-state index in [9.17, 15) is 18.0 Å². The van der Waals surface area contributed by atoms with E-state index in [4.69, 9.17) is 21.1 Å². The second kappa shape index (κ2) is 9.10. The van der Waals surface area contributed by atoms with E-state index in [1.54, 1.807) is 24.3 Å². The van der Waals surface area contributed by atoms with Gasteiger partial charge in [0.15, 0.2) is 0 Å². The SMILES string of the molecule is C=CCOc1ccc(NC(=O)C2(c3ccc(Cl)cc3)CCOCC2)cc1C(F)(F)F. The maximum Gasteiger partial charge on any atom is 0.420 e. The summed E-state index contributed by atoms with van der Waals surface area (Å²) in [5.41, 5.74) is -1.10. The van der Waals surface area contributed by atoms with Crippen molar-refractivity contribution >= 4 is 23.2 Å². The van der Waals surface area contributed by atoms with Crippen molar-refractivity contribution in [2.75, 3.05) is 25.1 Å². The molecule has 1 aliphatic rings. The monoisotopic (exact) mass is 439 g/mol. The van der Waals surface area contributed by atoms with Crippen molar-refractivity contribution in [3.63, 3.8) is 0 Å². The highest BCUT2D eigenvalue weighted by molar-refractivity contribution is 6.30. The molecule has 1 saturated heterocycles. The van der Waals surface area contributed by atoms with Crippen molar-refractivity contribution in [1.29, 1.82) is 0 Å². The van der Waals surface area contributed by atoms with Gasteiger partial charge in [0.1, 0.15) is 12.4 Å². The van der Waals surface area contributed by atoms with Gasteiger partial charge in [0.25, 0.3) is 0 Å². The van der Waals surface area contributed by atoms with Crippen molar-refractivity contribution in [2.24, 2.45) is 0 Å². The number of ether oxygens (including phenoxy) is 2. The molecule has 2 aromatic rings. The predicted octanol–water partition coefficient (Wildman–Crippen LogP) is 5.61. The van der Waals surface area contributed by atoms with Gasteiger partial charge in [0.05, 0.1) is 11.0 Å². The lowest BCUT2D eigenvalue weighted by Gasteiger charge is -2.36. The highest BCUT2D eigenvalue weighted by Crippen LogP contribution is 2.40. The molecule has 1 amide bonds. The smallest absolute Gasteiger partial charge is 0.420 e. The molecule has 0 unspecified atom stereocenters. The second-order valence-corrected chi connectivity index (χ2v) is 7.40. The number of carbonyl (C=O) groups is 1. The molecule has 160 valence electrons. The number of nitrogens with one attached hydrogen (secondary N) is 1. The molecule has 1 N–H and O–H groups in total. The fourth-order valence-electron chi connectivity index (χ4n) is 3.49. The van der Waals surface area contributed by atoms with Gasteiger partial charge in [-0.15, -0.1) is 0 Å². The van der Waals surface area contributed by atoms with Crippen LogP contribution in [0.4, 0.5) is 18.9 Å². The van der Waals surface area contributed by atoms with Crippen LogP contribution in [0.1, 0.15) is 24.0 Å². The molecule has 0 radical (unpaired) electrons. The fraction of sp³-hybridized carbons (Fsp3) is 0.318. The van der Waals surface area contributed by atoms with Gasteiger partial charge in [-0.3, -0.25) is 4.79 Å². The summed E-state index contributed by atoms with van der Waals surface area (Å²) in [7, 11) is 0. The van der Waals surface area contributed by atoms with Gasteiger partial charge in [-0.1, -0.05) is 36.4 Å². The van der Waals surface area contributed by atoms with E-state index in [-0.39, 0.29) is 24.0 Å². The number of benzene rings is 2. The van der Waals surface area contributed by atoms with E-state index < -0.39 is 17.2 Å². The minimum absolute atomic E-state index is 0.0399. The van der Waals surface area contributed by atoms with E-state index in [2.05, 4.69) is 11.9 Å². The molecule has 30 heavy (non-hydrogen) atoms. The molecule has 0 aliphatic carbocycles. The minimum Gasteiger partial charge on any atom is -0.489 e. The Kier molecular flexibility index (Phi) is 6.73. The van der Waals surface area contributed by atoms with Gasteiger partial charge < -0.3 is 14.8 Å². The molecule has 0 saturated carbocycles. The lowest BCUT2D eigenvalue weighted by Crippen LogP contribution is -2.44. The Morgan fingerprint density at radius 2 is 1.87 bits per heavy atom. The zero-order chi connectivity index (χ0) is 21.8. The standard InChI is InChI=1S/C22H21ClF3NO3/c1-2-11-30-19-8-7-17(14-18(19)22(24,25)26)27-20(28)21(9-12-29-13-10-21)15-3-5-16(23)6-4-15/h2-8,14H,1,9-13H2,(H,27,28). The third-order valence-corrected chi connectivity index (χ3v) is 5.33. The average Bonchev–Trinajstić information content (AvgIpc) is 2.73. The zero-order valence-electron chi connectivity index (χ0n) is 16.1. The molecule has 1 heterocycles. The molecular formula is C22H21ClF3NO3. The fourth-order valence-corrected chi connectivity index (χ4v) is 3.62. The van der Waals surface area contributed by atoms with Crippen molar-refractivity contribution < 1.29 is 27.4 Å². The topological polar surface area (TPSA) is 47.6 Å². The molecule has 4 nitrogen and oxygen atoms in total. The lowest BCUT2D eigenvalue weighted by molar-refractivity contribution is -0.138. The molecule has 0 aromatic heterocycles. The van der Waals surface area contributed by atoms with Crippen LogP contribution in [0, 0.1) is 0 Å². The summed E-state index contributed by atoms with van der Waals surface area (Å²) < 4.78 is 51.0. The minimum atomic E-state index is -4.64. The van der Waals surface area contributed by atoms with E-state index in [0.717, 1.165) is 11.6 Å². The van der Waals surface area contributed by atoms with Crippen molar-refractivity contribution in [3.05, 3.63) is 71.3 Å². The molecule has 8 heteroatoms. The van der Waals surface area contributed by atoms with Crippen LogP contribution in [-0.2, 0) is 21.1 Å². The number of alkyl halides is 3. The maximum atomic E-state index is 13.5. The summed E-state index contributed by atoms with van der Waals surface area (Å²) in [6, 6.07) is 10.4. The van der Waals surface area contributed by atoms with Crippen LogP contribution in [-0.4, -0.2) is 25.7 Å². The van der Waals surface area contributed by atoms with E-state index in [1.165, 1.54) is 18.2 Å². The number of amides is 1. The van der Waals surface area contributed by atoms with E-state index >= 15 is 0 Å². The van der Waals surface area contributed by atoms with Gasteiger partial charge in [0, 0.05) is 23.9 Å². The number of hydrogen-bond acceptors (Lipinski definition) is 3. The molecule has 0 spiro atoms. The Morgan fingerprint density at radius 3 is 2.47 bits per heavy atom. The van der Waals surface area contributed by atoms with Crippen LogP contribution in [0.15, 0.2) is 55.1 Å². The Bertz CT molecular complexity index is 907. The number of carbonyl (C=O) groups excluding carboxylic acids is 1. The number of rotatable bonds is 6. The van der Waals surface area contributed by atoms with Gasteiger partial charge in [0.2, 0.25) is 5.91 Å². The van der Waals surface area contributed by atoms with Crippen LogP contribution in [0.5, 0.6) is 5.75 Å². The Morgan fingerprint density at radius 1 is 1.20 bits per heavy atom. The molecule has 0 bridgehead atoms. The van der Waals surface area contributed by atoms with Crippen LogP contribution >= 0.6 is 11.6 Å². The van der Waals surface area contributed by atoms with E-state index in [0.29, 0.717) is 31.1 Å². The van der Waals surface area contributed by atoms with Gasteiger partial charge in [-0.2, -0.15) is 13.2 Å². The third-order valence-electron chi connectivity index (χ3n) is 5.08. The summed E-state index contributed by atoms with van der Waals surface area (Å²) in [4.78, 5) is 13.3. The summed E-state index contributed by atoms with van der Waals surface area (Å²) >= 11 is 5.97. The zero-order valence-corrected chi connectivity index (χ0v) is 16.9. The van der Waals surface area contributed by atoms with Crippen LogP contribution < -0.4 is 10.1 Å². The first kappa shape index (κ1) is 22.2. The first-order valence-corrected chi connectivity index (χ1v) is 9.74. The third kappa shape index (κ3) is 4.79. The largest absolute Gasteiger partial charge is 0.489 e. The Labute approximate surface area is 177 Å². The number of anilines is 1. The number of halogens is 4. The van der Waals surface area contributed by atoms with Crippen molar-refractivity contribution in [1.82, 2.24) is 0 Å². The summed E-state index contributed by atoms with van der Waals surface area (Å²) in [5, 5.41) is 3.19. The molecule has 3 rings (SSSR count). The van der Waals surface area contributed by atoms with Crippen LogP contribution in [0.2, 0.25) is 5.02 Å². The van der Waals surface area contributed by atoms with Crippen molar-refractivity contribution in [2.45, 2.75) is 24.4 Å². The lowest BCUT2D eigenvalue weighted by atomic mass is 9.73. The Balaban J connectivity index is 1.92. The summed E-state index contributed by atoms with van der Waals surface area (Å²) in [6.07, 6.45) is -2.46. The Hall–Kier alpha value is -2.51. The van der Waals surface area contributed by atoms with E-state index in [1.807, 2.05) is 0 Å². The normalized spacial score (nSPS) is 16.0. The molecule has 0 atom stereocenters. The molecular weight excluding hydrogens is 419 g/mol. The average molecular weight is 440 g/mol. The second-order valence-electron chi connectivity index (χ2n) is 6.96. The first-order valence-electron chi connectivity index (χ1n) is 9.36. The molecule has 1 fully saturated rings. The maximum absolute atomic E-state index is 13.5. The van der Waals surface area contributed by atoms with Crippen LogP contribution in [0.25, 0.3) is 0 Å². The predicted molar refractivity (Wildman–Crippen MR) is 109 cm³/mol. The summed E-state index contributed by atoms with van der Waals surface area (Å²) in [6.45, 7) is 4.12. The van der Waals surface area contributed by atoms with Crippen molar-refractivity contribution in [3.8, 4) is 5.75 Å². The first-order chi connectivity index (χ1) is 14.3. The molecule has 1 aliphatic heterocycles. The van der Waals surface area contributed by atoms with Gasteiger partial charge in [-0.25, -0.2) is 0 Å². The number of hydrogen-bond donors (Lipinski definition) is 1. The van der Waals surface area contributed by atoms with Crippen LogP contribution in [0.3, 0.4) is 0 Å². The summed E-state index contributed by atoms with van der Waals surface area (Å²) in [5.74, 6) is -0.708. The highest BCUT2D eigenvalue weighted by atomic mass is 35.5. The quantitative estimate of drug-likeness (QED) is 0.595.